The van der Waals surface area contributed by atoms with Crippen LogP contribution in [0.3, 0.4) is 0 Å². The standard InChI is InChI=1S/C11H14N4O2S/c16-15(17)10-9(12-7-8-3-1-2-4-8)13-11-14(10)5-6-18-11/h5-6,8,12H,1-4,7H2. The number of nitro groups is 1. The zero-order valence-corrected chi connectivity index (χ0v) is 10.7. The summed E-state index contributed by atoms with van der Waals surface area (Å²) in [5.74, 6) is 1.08. The van der Waals surface area contributed by atoms with E-state index < -0.39 is 0 Å². The van der Waals surface area contributed by atoms with Crippen molar-refractivity contribution in [3.8, 4) is 0 Å². The van der Waals surface area contributed by atoms with Crippen LogP contribution in [-0.2, 0) is 0 Å². The van der Waals surface area contributed by atoms with E-state index in [-0.39, 0.29) is 10.7 Å². The minimum atomic E-state index is -0.371. The molecular formula is C11H14N4O2S. The zero-order chi connectivity index (χ0) is 12.5. The Morgan fingerprint density at radius 2 is 2.33 bits per heavy atom. The van der Waals surface area contributed by atoms with Crippen LogP contribution in [0.1, 0.15) is 25.7 Å². The first-order valence-electron chi connectivity index (χ1n) is 6.09. The third-order valence-electron chi connectivity index (χ3n) is 3.44. The lowest BCUT2D eigenvalue weighted by Crippen LogP contribution is -2.12. The molecule has 1 N–H and O–H groups in total. The summed E-state index contributed by atoms with van der Waals surface area (Å²) in [5.41, 5.74) is 0. The minimum Gasteiger partial charge on any atom is -0.363 e. The monoisotopic (exact) mass is 266 g/mol. The number of nitrogens with one attached hydrogen (secondary N) is 1. The molecule has 1 aliphatic rings. The molecule has 0 spiro atoms. The van der Waals surface area contributed by atoms with Gasteiger partial charge in [0, 0.05) is 11.9 Å². The molecule has 7 heteroatoms. The normalized spacial score (nSPS) is 16.4. The summed E-state index contributed by atoms with van der Waals surface area (Å²) in [6.45, 7) is 0.783. The Kier molecular flexibility index (Phi) is 2.91. The van der Waals surface area contributed by atoms with Gasteiger partial charge in [-0.3, -0.25) is 0 Å². The molecule has 0 aliphatic heterocycles. The maximum Gasteiger partial charge on any atom is 0.372 e. The lowest BCUT2D eigenvalue weighted by atomic mass is 10.1. The SMILES string of the molecule is O=[N+]([O-])c1c(NCC2CCCC2)nc2sccn12. The van der Waals surface area contributed by atoms with E-state index in [1.54, 1.807) is 11.6 Å². The van der Waals surface area contributed by atoms with E-state index in [9.17, 15) is 10.1 Å². The highest BCUT2D eigenvalue weighted by Gasteiger charge is 2.24. The van der Waals surface area contributed by atoms with Gasteiger partial charge in [0.2, 0.25) is 5.82 Å². The summed E-state index contributed by atoms with van der Waals surface area (Å²) in [6.07, 6.45) is 6.65. The molecule has 0 aromatic carbocycles. The third-order valence-corrected chi connectivity index (χ3v) is 4.20. The van der Waals surface area contributed by atoms with Gasteiger partial charge >= 0.3 is 5.82 Å². The number of hydrogen-bond donors (Lipinski definition) is 1. The van der Waals surface area contributed by atoms with Crippen LogP contribution in [0, 0.1) is 16.0 Å². The number of rotatable bonds is 4. The number of imidazole rings is 1. The maximum absolute atomic E-state index is 11.1. The van der Waals surface area contributed by atoms with E-state index in [0.717, 1.165) is 6.54 Å². The Morgan fingerprint density at radius 3 is 3.06 bits per heavy atom. The fourth-order valence-electron chi connectivity index (χ4n) is 2.52. The van der Waals surface area contributed by atoms with E-state index in [1.807, 2.05) is 0 Å². The highest BCUT2D eigenvalue weighted by molar-refractivity contribution is 7.15. The number of thiazole rings is 1. The molecule has 0 amide bonds. The van der Waals surface area contributed by atoms with Crippen LogP contribution >= 0.6 is 11.3 Å². The van der Waals surface area contributed by atoms with Gasteiger partial charge < -0.3 is 15.4 Å². The van der Waals surface area contributed by atoms with E-state index >= 15 is 0 Å². The molecular weight excluding hydrogens is 252 g/mol. The van der Waals surface area contributed by atoms with Crippen LogP contribution < -0.4 is 5.32 Å². The Labute approximate surface area is 108 Å². The summed E-state index contributed by atoms with van der Waals surface area (Å²) in [6, 6.07) is 0. The molecule has 1 saturated carbocycles. The molecule has 2 heterocycles. The van der Waals surface area contributed by atoms with Gasteiger partial charge in [-0.1, -0.05) is 24.2 Å². The molecule has 0 unspecified atom stereocenters. The Hall–Kier alpha value is -1.63. The van der Waals surface area contributed by atoms with Crippen LogP contribution in [0.25, 0.3) is 4.96 Å². The molecule has 0 atom stereocenters. The van der Waals surface area contributed by atoms with Crippen molar-refractivity contribution in [2.24, 2.45) is 5.92 Å². The molecule has 3 rings (SSSR count). The average Bonchev–Trinajstić information content (AvgIpc) is 3.01. The molecule has 1 aliphatic carbocycles. The summed E-state index contributed by atoms with van der Waals surface area (Å²) >= 11 is 1.41. The van der Waals surface area contributed by atoms with Crippen LogP contribution in [0.15, 0.2) is 11.6 Å². The van der Waals surface area contributed by atoms with Crippen molar-refractivity contribution in [1.82, 2.24) is 9.38 Å². The number of fused-ring (bicyclic) bond motifs is 1. The Morgan fingerprint density at radius 1 is 1.56 bits per heavy atom. The van der Waals surface area contributed by atoms with Crippen LogP contribution in [0.2, 0.25) is 0 Å². The molecule has 0 radical (unpaired) electrons. The largest absolute Gasteiger partial charge is 0.372 e. The average molecular weight is 266 g/mol. The maximum atomic E-state index is 11.1. The van der Waals surface area contributed by atoms with Crippen molar-refractivity contribution in [2.45, 2.75) is 25.7 Å². The summed E-state index contributed by atoms with van der Waals surface area (Å²) in [4.78, 5) is 15.7. The van der Waals surface area contributed by atoms with Crippen molar-refractivity contribution < 1.29 is 4.92 Å². The summed E-state index contributed by atoms with van der Waals surface area (Å²) in [7, 11) is 0. The number of nitrogens with zero attached hydrogens (tertiary/aromatic N) is 3. The first kappa shape index (κ1) is 11.5. The molecule has 2 aromatic rings. The second-order valence-electron chi connectivity index (χ2n) is 4.63. The molecule has 18 heavy (non-hydrogen) atoms. The van der Waals surface area contributed by atoms with Crippen molar-refractivity contribution in [3.63, 3.8) is 0 Å². The van der Waals surface area contributed by atoms with Gasteiger partial charge in [-0.2, -0.15) is 9.38 Å². The van der Waals surface area contributed by atoms with E-state index in [4.69, 9.17) is 0 Å². The van der Waals surface area contributed by atoms with Gasteiger partial charge in [-0.25, -0.2) is 0 Å². The first-order valence-corrected chi connectivity index (χ1v) is 6.97. The van der Waals surface area contributed by atoms with Crippen molar-refractivity contribution >= 4 is 27.9 Å². The highest BCUT2D eigenvalue weighted by atomic mass is 32.1. The van der Waals surface area contributed by atoms with Crippen LogP contribution in [0.5, 0.6) is 0 Å². The van der Waals surface area contributed by atoms with Gasteiger partial charge in [0.25, 0.3) is 4.96 Å². The minimum absolute atomic E-state index is 0.0456. The quantitative estimate of drug-likeness (QED) is 0.682. The molecule has 0 bridgehead atoms. The third kappa shape index (κ3) is 1.94. The fourth-order valence-corrected chi connectivity index (χ4v) is 3.23. The highest BCUT2D eigenvalue weighted by Crippen LogP contribution is 2.30. The molecule has 6 nitrogen and oxygen atoms in total. The fraction of sp³-hybridized carbons (Fsp3) is 0.545. The molecule has 0 saturated heterocycles. The van der Waals surface area contributed by atoms with Gasteiger partial charge in [0.15, 0.2) is 0 Å². The molecule has 1 fully saturated rings. The number of anilines is 1. The Balaban J connectivity index is 1.83. The number of aromatic nitrogens is 2. The second-order valence-corrected chi connectivity index (χ2v) is 5.50. The van der Waals surface area contributed by atoms with E-state index in [2.05, 4.69) is 10.3 Å². The van der Waals surface area contributed by atoms with Crippen molar-refractivity contribution in [3.05, 3.63) is 21.7 Å². The second kappa shape index (κ2) is 4.56. The lowest BCUT2D eigenvalue weighted by molar-refractivity contribution is -0.389. The predicted octanol–water partition coefficient (Wildman–Crippen LogP) is 2.91. The number of hydrogen-bond acceptors (Lipinski definition) is 5. The van der Waals surface area contributed by atoms with Crippen molar-refractivity contribution in [2.75, 3.05) is 11.9 Å². The molecule has 2 aromatic heterocycles. The van der Waals surface area contributed by atoms with Gasteiger partial charge in [0.1, 0.15) is 6.20 Å². The van der Waals surface area contributed by atoms with Gasteiger partial charge in [-0.15, -0.1) is 0 Å². The summed E-state index contributed by atoms with van der Waals surface area (Å²) < 4.78 is 1.53. The van der Waals surface area contributed by atoms with Crippen molar-refractivity contribution in [1.29, 1.82) is 0 Å². The van der Waals surface area contributed by atoms with E-state index in [1.165, 1.54) is 41.4 Å². The Bertz CT molecular complexity index is 571. The predicted molar refractivity (Wildman–Crippen MR) is 70.2 cm³/mol. The topological polar surface area (TPSA) is 72.5 Å². The van der Waals surface area contributed by atoms with Crippen LogP contribution in [-0.4, -0.2) is 20.9 Å². The summed E-state index contributed by atoms with van der Waals surface area (Å²) in [5, 5.41) is 16.0. The smallest absolute Gasteiger partial charge is 0.363 e. The first-order chi connectivity index (χ1) is 8.75. The lowest BCUT2D eigenvalue weighted by Gasteiger charge is -2.09. The van der Waals surface area contributed by atoms with E-state index in [0.29, 0.717) is 16.7 Å². The molecule has 96 valence electrons. The van der Waals surface area contributed by atoms with Gasteiger partial charge in [-0.05, 0) is 23.7 Å². The zero-order valence-electron chi connectivity index (χ0n) is 9.83. The van der Waals surface area contributed by atoms with Crippen LogP contribution in [0.4, 0.5) is 11.6 Å². The van der Waals surface area contributed by atoms with Gasteiger partial charge in [0.05, 0.1) is 0 Å².